The third-order valence-electron chi connectivity index (χ3n) is 6.18. The van der Waals surface area contributed by atoms with Crippen molar-refractivity contribution in [3.05, 3.63) is 94.0 Å². The second-order valence-corrected chi connectivity index (χ2v) is 13.4. The highest BCUT2D eigenvalue weighted by Crippen LogP contribution is 2.28. The van der Waals surface area contributed by atoms with E-state index in [0.29, 0.717) is 21.4 Å². The summed E-state index contributed by atoms with van der Waals surface area (Å²) in [6, 6.07) is 19.6. The predicted octanol–water partition coefficient (Wildman–Crippen LogP) is 5.32. The molecule has 0 radical (unpaired) electrons. The number of halogens is 2. The highest BCUT2D eigenvalue weighted by Gasteiger charge is 2.35. The van der Waals surface area contributed by atoms with Gasteiger partial charge in [-0.1, -0.05) is 65.7 Å². The summed E-state index contributed by atoms with van der Waals surface area (Å²) < 4.78 is 32.1. The monoisotopic (exact) mass is 619 g/mol. The first kappa shape index (κ1) is 32.2. The molecule has 1 N–H and O–H groups in total. The van der Waals surface area contributed by atoms with Crippen LogP contribution >= 0.6 is 23.2 Å². The van der Waals surface area contributed by atoms with Crippen LogP contribution in [0.1, 0.15) is 31.9 Å². The van der Waals surface area contributed by atoms with Gasteiger partial charge in [-0.25, -0.2) is 8.42 Å². The maximum atomic E-state index is 14.2. The fraction of sp³-hybridized carbons (Fsp3) is 0.333. The van der Waals surface area contributed by atoms with Gasteiger partial charge < -0.3 is 15.0 Å². The number of sulfonamides is 1. The first-order valence-electron chi connectivity index (χ1n) is 12.9. The van der Waals surface area contributed by atoms with Crippen LogP contribution in [0.3, 0.4) is 0 Å². The summed E-state index contributed by atoms with van der Waals surface area (Å²) in [6.45, 7) is 4.84. The molecular weight excluding hydrogens is 585 g/mol. The number of hydrogen-bond donors (Lipinski definition) is 1. The molecule has 1 atom stereocenters. The lowest BCUT2D eigenvalue weighted by Gasteiger charge is -2.35. The average Bonchev–Trinajstić information content (AvgIpc) is 2.89. The van der Waals surface area contributed by atoms with Crippen LogP contribution in [0.2, 0.25) is 10.0 Å². The van der Waals surface area contributed by atoms with E-state index >= 15 is 0 Å². The topological polar surface area (TPSA) is 96.0 Å². The number of ether oxygens (including phenoxy) is 1. The number of carbonyl (C=O) groups excluding carboxylic acids is 2. The summed E-state index contributed by atoms with van der Waals surface area (Å²) in [7, 11) is -2.45. The Bertz CT molecular complexity index is 1460. The molecule has 0 heterocycles. The summed E-state index contributed by atoms with van der Waals surface area (Å²) in [5.74, 6) is -0.584. The summed E-state index contributed by atoms with van der Waals surface area (Å²) in [6.07, 6.45) is 1.19. The summed E-state index contributed by atoms with van der Waals surface area (Å²) in [5, 5.41) is 3.61. The second-order valence-electron chi connectivity index (χ2n) is 10.6. The van der Waals surface area contributed by atoms with Gasteiger partial charge in [0.05, 0.1) is 19.1 Å². The zero-order chi connectivity index (χ0) is 30.4. The number of carbonyl (C=O) groups is 2. The number of rotatable bonds is 11. The largest absolute Gasteiger partial charge is 0.497 e. The van der Waals surface area contributed by atoms with Crippen molar-refractivity contribution in [1.29, 1.82) is 0 Å². The van der Waals surface area contributed by atoms with Crippen molar-refractivity contribution < 1.29 is 22.7 Å². The summed E-state index contributed by atoms with van der Waals surface area (Å²) in [5.41, 5.74) is 0.910. The van der Waals surface area contributed by atoms with Crippen molar-refractivity contribution in [2.24, 2.45) is 0 Å². The molecule has 0 aliphatic rings. The minimum absolute atomic E-state index is 0.123. The molecule has 0 saturated carbocycles. The van der Waals surface area contributed by atoms with Crippen molar-refractivity contribution in [2.75, 3.05) is 24.2 Å². The van der Waals surface area contributed by atoms with E-state index in [-0.39, 0.29) is 18.7 Å². The normalized spacial score (nSPS) is 12.4. The van der Waals surface area contributed by atoms with Gasteiger partial charge in [0, 0.05) is 40.2 Å². The fourth-order valence-electron chi connectivity index (χ4n) is 4.24. The van der Waals surface area contributed by atoms with Crippen molar-refractivity contribution in [1.82, 2.24) is 10.2 Å². The quantitative estimate of drug-likeness (QED) is 0.313. The molecule has 0 aliphatic carbocycles. The molecule has 0 aromatic heterocycles. The van der Waals surface area contributed by atoms with Gasteiger partial charge in [0.15, 0.2) is 0 Å². The number of methoxy groups -OCH3 is 1. The molecular formula is C30H35Cl2N3O5S. The Morgan fingerprint density at radius 2 is 1.56 bits per heavy atom. The van der Waals surface area contributed by atoms with Crippen LogP contribution in [-0.2, 0) is 32.6 Å². The molecule has 3 rings (SSSR count). The smallest absolute Gasteiger partial charge is 0.244 e. The minimum Gasteiger partial charge on any atom is -0.497 e. The van der Waals surface area contributed by atoms with Crippen LogP contribution in [0.15, 0.2) is 72.8 Å². The lowest BCUT2D eigenvalue weighted by molar-refractivity contribution is -0.140. The highest BCUT2D eigenvalue weighted by atomic mass is 35.5. The number of benzene rings is 3. The van der Waals surface area contributed by atoms with E-state index in [1.165, 1.54) is 18.1 Å². The van der Waals surface area contributed by atoms with E-state index in [1.807, 2.05) is 51.1 Å². The number of anilines is 1. The van der Waals surface area contributed by atoms with Crippen molar-refractivity contribution in [3.8, 4) is 5.75 Å². The molecule has 0 aliphatic heterocycles. The maximum absolute atomic E-state index is 14.2. The van der Waals surface area contributed by atoms with Crippen molar-refractivity contribution in [3.63, 3.8) is 0 Å². The number of amides is 2. The van der Waals surface area contributed by atoms with Crippen molar-refractivity contribution in [2.45, 2.75) is 45.3 Å². The van der Waals surface area contributed by atoms with Gasteiger partial charge >= 0.3 is 0 Å². The molecule has 0 saturated heterocycles. The molecule has 3 aromatic carbocycles. The van der Waals surface area contributed by atoms with E-state index in [4.69, 9.17) is 27.9 Å². The molecule has 8 nitrogen and oxygen atoms in total. The van der Waals surface area contributed by atoms with Crippen LogP contribution in [0.25, 0.3) is 0 Å². The Morgan fingerprint density at radius 1 is 0.951 bits per heavy atom. The number of nitrogens with zero attached hydrogens (tertiary/aromatic N) is 2. The Kier molecular flexibility index (Phi) is 10.7. The molecule has 0 bridgehead atoms. The third kappa shape index (κ3) is 9.11. The van der Waals surface area contributed by atoms with Gasteiger partial charge in [0.25, 0.3) is 0 Å². The first-order chi connectivity index (χ1) is 19.2. The predicted molar refractivity (Wildman–Crippen MR) is 164 cm³/mol. The van der Waals surface area contributed by atoms with E-state index in [9.17, 15) is 18.0 Å². The van der Waals surface area contributed by atoms with E-state index in [1.54, 1.807) is 36.4 Å². The molecule has 0 spiro atoms. The van der Waals surface area contributed by atoms with Crippen LogP contribution < -0.4 is 14.4 Å². The van der Waals surface area contributed by atoms with Gasteiger partial charge in [-0.15, -0.1) is 0 Å². The molecule has 0 fully saturated rings. The Morgan fingerprint density at radius 3 is 2.12 bits per heavy atom. The standard InChI is InChI=1S/C30H35Cl2N3O5S/c1-30(2,3)33-29(37)27(17-21-11-7-6-8-12-21)34(19-24-25(31)15-10-16-26(24)32)28(36)20-35(41(5,38)39)22-13-9-14-23(18-22)40-4/h6-16,18,27H,17,19-20H2,1-5H3,(H,33,37)/t27-/m0/s1. The van der Waals surface area contributed by atoms with Gasteiger partial charge in [0.1, 0.15) is 18.3 Å². The average molecular weight is 621 g/mol. The van der Waals surface area contributed by atoms with Gasteiger partial charge in [-0.3, -0.25) is 13.9 Å². The van der Waals surface area contributed by atoms with Crippen LogP contribution in [0, 0.1) is 0 Å². The molecule has 3 aromatic rings. The Labute approximate surface area is 252 Å². The summed E-state index contributed by atoms with van der Waals surface area (Å²) >= 11 is 13.0. The Hall–Kier alpha value is -3.27. The van der Waals surface area contributed by atoms with Gasteiger partial charge in [-0.2, -0.15) is 0 Å². The second kappa shape index (κ2) is 13.6. The van der Waals surface area contributed by atoms with E-state index in [0.717, 1.165) is 16.1 Å². The number of hydrogen-bond acceptors (Lipinski definition) is 5. The van der Waals surface area contributed by atoms with Gasteiger partial charge in [-0.05, 0) is 50.6 Å². The highest BCUT2D eigenvalue weighted by molar-refractivity contribution is 7.92. The summed E-state index contributed by atoms with van der Waals surface area (Å²) in [4.78, 5) is 29.3. The number of nitrogens with one attached hydrogen (secondary N) is 1. The van der Waals surface area contributed by atoms with Crippen molar-refractivity contribution >= 4 is 50.7 Å². The maximum Gasteiger partial charge on any atom is 0.244 e. The first-order valence-corrected chi connectivity index (χ1v) is 15.5. The SMILES string of the molecule is COc1cccc(N(CC(=O)N(Cc2c(Cl)cccc2Cl)[C@@H](Cc2ccccc2)C(=O)NC(C)(C)C)S(C)(=O)=O)c1. The zero-order valence-electron chi connectivity index (χ0n) is 23.7. The molecule has 41 heavy (non-hydrogen) atoms. The van der Waals surface area contributed by atoms with Crippen LogP contribution in [0.5, 0.6) is 5.75 Å². The zero-order valence-corrected chi connectivity index (χ0v) is 26.1. The Balaban J connectivity index is 2.13. The minimum atomic E-state index is -3.92. The molecule has 220 valence electrons. The molecule has 2 amide bonds. The van der Waals surface area contributed by atoms with Crippen LogP contribution in [0.4, 0.5) is 5.69 Å². The van der Waals surface area contributed by atoms with Crippen LogP contribution in [-0.4, -0.2) is 56.6 Å². The van der Waals surface area contributed by atoms with E-state index in [2.05, 4.69) is 5.32 Å². The lowest BCUT2D eigenvalue weighted by atomic mass is 10.0. The van der Waals surface area contributed by atoms with Gasteiger partial charge in [0.2, 0.25) is 21.8 Å². The molecule has 11 heteroatoms. The third-order valence-corrected chi connectivity index (χ3v) is 8.03. The van der Waals surface area contributed by atoms with E-state index < -0.39 is 40.0 Å². The lowest BCUT2D eigenvalue weighted by Crippen LogP contribution is -2.56. The fourth-order valence-corrected chi connectivity index (χ4v) is 5.60. The molecule has 0 unspecified atom stereocenters.